The second-order valence-corrected chi connectivity index (χ2v) is 5.85. The third kappa shape index (κ3) is 1.79. The molecule has 1 aliphatic heterocycles. The average Bonchev–Trinajstić information content (AvgIpc) is 2.86. The highest BCUT2D eigenvalue weighted by atomic mass is 35.5. The Balaban J connectivity index is 2.03. The second kappa shape index (κ2) is 4.48. The van der Waals surface area contributed by atoms with Crippen molar-refractivity contribution in [1.82, 2.24) is 9.55 Å². The fraction of sp³-hybridized carbons (Fsp3) is 0.125. The van der Waals surface area contributed by atoms with Crippen LogP contribution in [0.2, 0.25) is 5.02 Å². The van der Waals surface area contributed by atoms with Crippen LogP contribution < -0.4 is 11.1 Å². The monoisotopic (exact) mass is 311 g/mol. The van der Waals surface area contributed by atoms with Gasteiger partial charge in [0.05, 0.1) is 11.0 Å². The van der Waals surface area contributed by atoms with Crippen molar-refractivity contribution in [2.24, 2.45) is 10.7 Å². The predicted octanol–water partition coefficient (Wildman–Crippen LogP) is 3.15. The van der Waals surface area contributed by atoms with Crippen molar-refractivity contribution in [3.63, 3.8) is 0 Å². The molecule has 1 aliphatic rings. The third-order valence-electron chi connectivity index (χ3n) is 3.97. The molecule has 110 valence electrons. The zero-order valence-corrected chi connectivity index (χ0v) is 12.7. The largest absolute Gasteiger partial charge is 0.370 e. The molecule has 1 aromatic heterocycles. The van der Waals surface area contributed by atoms with Crippen LogP contribution >= 0.6 is 11.6 Å². The molecule has 0 saturated heterocycles. The summed E-state index contributed by atoms with van der Waals surface area (Å²) in [7, 11) is 0. The Labute approximate surface area is 132 Å². The standard InChI is InChI=1S/C16H14ClN5/c1-16(10-6-8-11(17)9-7-10)21-14(18)20-15-19-12-4-2-3-5-13(12)22(15)16/h2-9H,1H3,(H3,18,19,20,21). The molecule has 2 aromatic carbocycles. The van der Waals surface area contributed by atoms with E-state index in [1.165, 1.54) is 0 Å². The molecule has 0 radical (unpaired) electrons. The molecule has 1 atom stereocenters. The summed E-state index contributed by atoms with van der Waals surface area (Å²) < 4.78 is 2.06. The van der Waals surface area contributed by atoms with Crippen LogP contribution in [0.4, 0.5) is 5.95 Å². The Morgan fingerprint density at radius 2 is 1.86 bits per heavy atom. The topological polar surface area (TPSA) is 68.2 Å². The summed E-state index contributed by atoms with van der Waals surface area (Å²) in [6.45, 7) is 2.02. The smallest absolute Gasteiger partial charge is 0.213 e. The van der Waals surface area contributed by atoms with E-state index in [1.54, 1.807) is 0 Å². The molecular weight excluding hydrogens is 298 g/mol. The van der Waals surface area contributed by atoms with Gasteiger partial charge in [0.2, 0.25) is 5.95 Å². The van der Waals surface area contributed by atoms with Gasteiger partial charge in [0, 0.05) is 10.6 Å². The Hall–Kier alpha value is -2.53. The molecule has 4 rings (SSSR count). The number of aliphatic imine (C=N–C) groups is 1. The highest BCUT2D eigenvalue weighted by molar-refractivity contribution is 6.30. The minimum atomic E-state index is -0.675. The molecule has 0 bridgehead atoms. The number of fused-ring (bicyclic) bond motifs is 3. The number of nitrogens with two attached hydrogens (primary N) is 1. The molecule has 0 spiro atoms. The van der Waals surface area contributed by atoms with E-state index < -0.39 is 5.66 Å². The number of imidazole rings is 1. The van der Waals surface area contributed by atoms with E-state index in [0.717, 1.165) is 16.6 Å². The fourth-order valence-electron chi connectivity index (χ4n) is 2.94. The fourth-order valence-corrected chi connectivity index (χ4v) is 3.06. The second-order valence-electron chi connectivity index (χ2n) is 5.41. The first-order chi connectivity index (χ1) is 10.6. The molecule has 0 aliphatic carbocycles. The van der Waals surface area contributed by atoms with Crippen molar-refractivity contribution >= 4 is 34.5 Å². The summed E-state index contributed by atoms with van der Waals surface area (Å²) in [5.74, 6) is 1.03. The Morgan fingerprint density at radius 3 is 2.64 bits per heavy atom. The van der Waals surface area contributed by atoms with Gasteiger partial charge < -0.3 is 5.73 Å². The van der Waals surface area contributed by atoms with Gasteiger partial charge in [0.1, 0.15) is 0 Å². The van der Waals surface area contributed by atoms with Crippen LogP contribution in [0, 0.1) is 0 Å². The third-order valence-corrected chi connectivity index (χ3v) is 4.22. The minimum absolute atomic E-state index is 0.347. The number of para-hydroxylation sites is 2. The Bertz CT molecular complexity index is 897. The number of benzene rings is 2. The molecule has 6 heteroatoms. The minimum Gasteiger partial charge on any atom is -0.370 e. The lowest BCUT2D eigenvalue weighted by Crippen LogP contribution is -2.41. The molecule has 5 nitrogen and oxygen atoms in total. The summed E-state index contributed by atoms with van der Waals surface area (Å²) in [6, 6.07) is 15.6. The maximum atomic E-state index is 6.01. The number of rotatable bonds is 1. The van der Waals surface area contributed by atoms with Crippen LogP contribution in [0.1, 0.15) is 12.5 Å². The molecule has 0 fully saturated rings. The Morgan fingerprint density at radius 1 is 1.14 bits per heavy atom. The summed E-state index contributed by atoms with van der Waals surface area (Å²) in [6.07, 6.45) is 0. The molecule has 1 unspecified atom stereocenters. The van der Waals surface area contributed by atoms with Crippen LogP contribution in [0.3, 0.4) is 0 Å². The Kier molecular flexibility index (Phi) is 2.68. The molecule has 3 N–H and O–H groups in total. The SMILES string of the molecule is CC1(c2ccc(Cl)cc2)N=C(N)Nc2nc3ccccc3n21. The normalized spacial score (nSPS) is 20.4. The van der Waals surface area contributed by atoms with Gasteiger partial charge in [-0.25, -0.2) is 9.98 Å². The lowest BCUT2D eigenvalue weighted by Gasteiger charge is -2.33. The first-order valence-corrected chi connectivity index (χ1v) is 7.32. The number of nitrogens with zero attached hydrogens (tertiary/aromatic N) is 3. The van der Waals surface area contributed by atoms with Crippen molar-refractivity contribution in [3.8, 4) is 0 Å². The van der Waals surface area contributed by atoms with Crippen LogP contribution in [-0.2, 0) is 5.66 Å². The van der Waals surface area contributed by atoms with Gasteiger partial charge in [-0.15, -0.1) is 0 Å². The van der Waals surface area contributed by atoms with Crippen molar-refractivity contribution in [2.75, 3.05) is 5.32 Å². The first-order valence-electron chi connectivity index (χ1n) is 6.94. The number of aromatic nitrogens is 2. The van der Waals surface area contributed by atoms with Gasteiger partial charge in [-0.3, -0.25) is 9.88 Å². The van der Waals surface area contributed by atoms with Crippen molar-refractivity contribution in [1.29, 1.82) is 0 Å². The van der Waals surface area contributed by atoms with Gasteiger partial charge in [-0.05, 0) is 31.2 Å². The van der Waals surface area contributed by atoms with Gasteiger partial charge in [0.25, 0.3) is 0 Å². The summed E-state index contributed by atoms with van der Waals surface area (Å²) in [5.41, 5.74) is 8.19. The number of nitrogens with one attached hydrogen (secondary N) is 1. The number of hydrogen-bond donors (Lipinski definition) is 2. The van der Waals surface area contributed by atoms with E-state index in [-0.39, 0.29) is 0 Å². The van der Waals surface area contributed by atoms with E-state index in [2.05, 4.69) is 19.9 Å². The summed E-state index contributed by atoms with van der Waals surface area (Å²) in [4.78, 5) is 9.25. The molecule has 0 saturated carbocycles. The van der Waals surface area contributed by atoms with Crippen LogP contribution in [-0.4, -0.2) is 15.5 Å². The zero-order chi connectivity index (χ0) is 15.3. The molecule has 3 aromatic rings. The number of anilines is 1. The highest BCUT2D eigenvalue weighted by Crippen LogP contribution is 2.37. The molecule has 0 amide bonds. The maximum Gasteiger partial charge on any atom is 0.213 e. The van der Waals surface area contributed by atoms with Gasteiger partial charge >= 0.3 is 0 Å². The first kappa shape index (κ1) is 13.2. The van der Waals surface area contributed by atoms with Crippen molar-refractivity contribution in [3.05, 3.63) is 59.1 Å². The highest BCUT2D eigenvalue weighted by Gasteiger charge is 2.36. The molecular formula is C16H14ClN5. The maximum absolute atomic E-state index is 6.01. The molecule has 22 heavy (non-hydrogen) atoms. The lowest BCUT2D eigenvalue weighted by molar-refractivity contribution is 0.424. The van der Waals surface area contributed by atoms with Crippen molar-refractivity contribution in [2.45, 2.75) is 12.6 Å². The van der Waals surface area contributed by atoms with Crippen LogP contribution in [0.15, 0.2) is 53.5 Å². The average molecular weight is 312 g/mol. The van der Waals surface area contributed by atoms with Gasteiger partial charge in [-0.1, -0.05) is 35.9 Å². The van der Waals surface area contributed by atoms with Crippen molar-refractivity contribution < 1.29 is 0 Å². The quantitative estimate of drug-likeness (QED) is 0.725. The lowest BCUT2D eigenvalue weighted by atomic mass is 10.0. The van der Waals surface area contributed by atoms with E-state index in [0.29, 0.717) is 16.9 Å². The number of hydrogen-bond acceptors (Lipinski definition) is 4. The van der Waals surface area contributed by atoms with Crippen LogP contribution in [0.5, 0.6) is 0 Å². The van der Waals surface area contributed by atoms with Crippen LogP contribution in [0.25, 0.3) is 11.0 Å². The number of halogens is 1. The predicted molar refractivity (Wildman–Crippen MR) is 89.2 cm³/mol. The van der Waals surface area contributed by atoms with E-state index >= 15 is 0 Å². The molecule has 2 heterocycles. The van der Waals surface area contributed by atoms with Gasteiger partial charge in [-0.2, -0.15) is 0 Å². The number of guanidine groups is 1. The van der Waals surface area contributed by atoms with Gasteiger partial charge in [0.15, 0.2) is 11.6 Å². The van der Waals surface area contributed by atoms with E-state index in [4.69, 9.17) is 17.3 Å². The van der Waals surface area contributed by atoms with E-state index in [1.807, 2.05) is 55.5 Å². The zero-order valence-electron chi connectivity index (χ0n) is 11.9. The summed E-state index contributed by atoms with van der Waals surface area (Å²) in [5, 5.41) is 3.73. The van der Waals surface area contributed by atoms with E-state index in [9.17, 15) is 0 Å². The summed E-state index contributed by atoms with van der Waals surface area (Å²) >= 11 is 6.01.